The number of aliphatic hydroxyl groups excluding tert-OH is 1. The Kier molecular flexibility index (Phi) is 6.66. The number of carbonyl (C=O) groups excluding carboxylic acids is 1. The largest absolute Gasteiger partial charge is 0.490 e. The molecule has 0 saturated heterocycles. The lowest BCUT2D eigenvalue weighted by atomic mass is 9.97. The van der Waals surface area contributed by atoms with E-state index in [4.69, 9.17) is 14.9 Å². The summed E-state index contributed by atoms with van der Waals surface area (Å²) in [6.07, 6.45) is 6.09. The summed E-state index contributed by atoms with van der Waals surface area (Å²) in [7, 11) is 0. The highest BCUT2D eigenvalue weighted by Gasteiger charge is 2.20. The molecular formula is C22H25NO5. The van der Waals surface area contributed by atoms with E-state index in [1.165, 1.54) is 19.3 Å². The minimum absolute atomic E-state index is 0.257. The van der Waals surface area contributed by atoms with Gasteiger partial charge in [-0.05, 0) is 61.1 Å². The van der Waals surface area contributed by atoms with Gasteiger partial charge in [0.25, 0.3) is 5.91 Å². The van der Waals surface area contributed by atoms with Gasteiger partial charge in [0, 0.05) is 5.56 Å². The van der Waals surface area contributed by atoms with E-state index in [0.29, 0.717) is 5.56 Å². The predicted octanol–water partition coefficient (Wildman–Crippen LogP) is 3.24. The van der Waals surface area contributed by atoms with E-state index in [9.17, 15) is 9.59 Å². The van der Waals surface area contributed by atoms with Gasteiger partial charge in [-0.25, -0.2) is 4.79 Å². The Balaban J connectivity index is 1.75. The van der Waals surface area contributed by atoms with Gasteiger partial charge in [0.2, 0.25) is 0 Å². The Morgan fingerprint density at radius 2 is 1.71 bits per heavy atom. The molecule has 148 valence electrons. The fraction of sp³-hybridized carbons (Fsp3) is 0.364. The van der Waals surface area contributed by atoms with E-state index < -0.39 is 24.5 Å². The van der Waals surface area contributed by atoms with Crippen molar-refractivity contribution >= 4 is 11.9 Å². The third-order valence-electron chi connectivity index (χ3n) is 4.93. The van der Waals surface area contributed by atoms with Crippen molar-refractivity contribution in [1.82, 2.24) is 5.32 Å². The molecule has 1 aliphatic carbocycles. The highest BCUT2D eigenvalue weighted by molar-refractivity contribution is 5.97. The van der Waals surface area contributed by atoms with E-state index in [-0.39, 0.29) is 6.10 Å². The molecule has 1 amide bonds. The highest BCUT2D eigenvalue weighted by atomic mass is 16.5. The number of carboxylic acid groups (broad SMARTS) is 1. The molecule has 1 saturated carbocycles. The molecule has 0 spiro atoms. The van der Waals surface area contributed by atoms with Crippen LogP contribution in [0.2, 0.25) is 0 Å². The number of benzene rings is 2. The van der Waals surface area contributed by atoms with Gasteiger partial charge in [-0.3, -0.25) is 4.79 Å². The smallest absolute Gasteiger partial charge is 0.328 e. The van der Waals surface area contributed by atoms with Gasteiger partial charge < -0.3 is 20.3 Å². The molecule has 6 heteroatoms. The highest BCUT2D eigenvalue weighted by Crippen LogP contribution is 2.28. The lowest BCUT2D eigenvalue weighted by Crippen LogP contribution is -2.43. The molecule has 1 aliphatic rings. The summed E-state index contributed by atoms with van der Waals surface area (Å²) in [6.45, 7) is -0.665. The fourth-order valence-corrected chi connectivity index (χ4v) is 3.39. The first-order valence-corrected chi connectivity index (χ1v) is 9.58. The van der Waals surface area contributed by atoms with Crippen molar-refractivity contribution in [1.29, 1.82) is 0 Å². The molecule has 2 aromatic rings. The van der Waals surface area contributed by atoms with Crippen LogP contribution in [0.15, 0.2) is 48.5 Å². The van der Waals surface area contributed by atoms with Crippen LogP contribution in [0.25, 0.3) is 11.1 Å². The number of carboxylic acids is 1. The van der Waals surface area contributed by atoms with Crippen LogP contribution in [0.4, 0.5) is 0 Å². The summed E-state index contributed by atoms with van der Waals surface area (Å²) in [6, 6.07) is 13.4. The first-order valence-electron chi connectivity index (χ1n) is 9.58. The predicted molar refractivity (Wildman–Crippen MR) is 105 cm³/mol. The van der Waals surface area contributed by atoms with Crippen LogP contribution >= 0.6 is 0 Å². The number of carbonyl (C=O) groups is 2. The summed E-state index contributed by atoms with van der Waals surface area (Å²) in [4.78, 5) is 23.3. The standard InChI is InChI=1S/C22H25NO5/c24-14-20(22(26)27)23-21(25)17-8-4-6-15(12-17)16-7-5-11-19(13-16)28-18-9-2-1-3-10-18/h4-8,11-13,18,20,24H,1-3,9-10,14H2,(H,23,25)(H,26,27). The van der Waals surface area contributed by atoms with Crippen molar-refractivity contribution in [2.45, 2.75) is 44.2 Å². The molecule has 0 radical (unpaired) electrons. The molecule has 6 nitrogen and oxygen atoms in total. The maximum atomic E-state index is 12.3. The molecule has 1 fully saturated rings. The Morgan fingerprint density at radius 3 is 2.39 bits per heavy atom. The van der Waals surface area contributed by atoms with Crippen molar-refractivity contribution in [3.8, 4) is 16.9 Å². The van der Waals surface area contributed by atoms with Crippen LogP contribution in [0.5, 0.6) is 5.75 Å². The summed E-state index contributed by atoms with van der Waals surface area (Å²) in [5.74, 6) is -1.01. The normalized spacial score (nSPS) is 15.6. The van der Waals surface area contributed by atoms with Gasteiger partial charge in [0.15, 0.2) is 6.04 Å². The van der Waals surface area contributed by atoms with Crippen LogP contribution in [0, 0.1) is 0 Å². The zero-order valence-electron chi connectivity index (χ0n) is 15.6. The lowest BCUT2D eigenvalue weighted by Gasteiger charge is -2.23. The summed E-state index contributed by atoms with van der Waals surface area (Å²) in [5.41, 5.74) is 2.08. The number of aliphatic carboxylic acids is 1. The molecular weight excluding hydrogens is 358 g/mol. The van der Waals surface area contributed by atoms with Crippen molar-refractivity contribution in [2.75, 3.05) is 6.61 Å². The second kappa shape index (κ2) is 9.37. The van der Waals surface area contributed by atoms with E-state index in [2.05, 4.69) is 5.32 Å². The summed E-state index contributed by atoms with van der Waals surface area (Å²) >= 11 is 0. The molecule has 0 heterocycles. The van der Waals surface area contributed by atoms with Gasteiger partial charge in [-0.15, -0.1) is 0 Å². The summed E-state index contributed by atoms with van der Waals surface area (Å²) < 4.78 is 6.12. The molecule has 1 unspecified atom stereocenters. The molecule has 1 atom stereocenters. The first-order chi connectivity index (χ1) is 13.6. The number of ether oxygens (including phenoxy) is 1. The average molecular weight is 383 g/mol. The van der Waals surface area contributed by atoms with Gasteiger partial charge in [0.1, 0.15) is 5.75 Å². The Morgan fingerprint density at radius 1 is 1.04 bits per heavy atom. The average Bonchev–Trinajstić information content (AvgIpc) is 2.72. The molecule has 0 aliphatic heterocycles. The number of amides is 1. The first kappa shape index (κ1) is 19.9. The van der Waals surface area contributed by atoms with Crippen LogP contribution in [-0.2, 0) is 4.79 Å². The van der Waals surface area contributed by atoms with E-state index in [1.807, 2.05) is 30.3 Å². The molecule has 2 aromatic carbocycles. The van der Waals surface area contributed by atoms with Gasteiger partial charge in [-0.1, -0.05) is 30.7 Å². The lowest BCUT2D eigenvalue weighted by molar-refractivity contribution is -0.140. The Labute approximate surface area is 164 Å². The third-order valence-corrected chi connectivity index (χ3v) is 4.93. The topological polar surface area (TPSA) is 95.9 Å². The maximum Gasteiger partial charge on any atom is 0.328 e. The zero-order chi connectivity index (χ0) is 19.9. The minimum Gasteiger partial charge on any atom is -0.490 e. The van der Waals surface area contributed by atoms with Crippen molar-refractivity contribution in [3.63, 3.8) is 0 Å². The van der Waals surface area contributed by atoms with Gasteiger partial charge in [0.05, 0.1) is 12.7 Å². The minimum atomic E-state index is -1.33. The summed E-state index contributed by atoms with van der Waals surface area (Å²) in [5, 5.41) is 20.4. The van der Waals surface area contributed by atoms with Crippen LogP contribution in [0.3, 0.4) is 0 Å². The van der Waals surface area contributed by atoms with Crippen LogP contribution < -0.4 is 10.1 Å². The number of aliphatic hydroxyl groups is 1. The number of hydrogen-bond donors (Lipinski definition) is 3. The Hall–Kier alpha value is -2.86. The van der Waals surface area contributed by atoms with Crippen LogP contribution in [0.1, 0.15) is 42.5 Å². The molecule has 0 aromatic heterocycles. The molecule has 3 rings (SSSR count). The number of nitrogens with one attached hydrogen (secondary N) is 1. The molecule has 3 N–H and O–H groups in total. The van der Waals surface area contributed by atoms with Gasteiger partial charge >= 0.3 is 5.97 Å². The van der Waals surface area contributed by atoms with Crippen LogP contribution in [-0.4, -0.2) is 40.8 Å². The second-order valence-corrected chi connectivity index (χ2v) is 7.03. The third kappa shape index (κ3) is 5.10. The zero-order valence-corrected chi connectivity index (χ0v) is 15.6. The maximum absolute atomic E-state index is 12.3. The quantitative estimate of drug-likeness (QED) is 0.682. The Bertz CT molecular complexity index is 829. The van der Waals surface area contributed by atoms with Gasteiger partial charge in [-0.2, -0.15) is 0 Å². The molecule has 28 heavy (non-hydrogen) atoms. The van der Waals surface area contributed by atoms with E-state index in [1.54, 1.807) is 18.2 Å². The monoisotopic (exact) mass is 383 g/mol. The number of rotatable bonds is 7. The van der Waals surface area contributed by atoms with Crippen molar-refractivity contribution in [3.05, 3.63) is 54.1 Å². The molecule has 0 bridgehead atoms. The second-order valence-electron chi connectivity index (χ2n) is 7.03. The van der Waals surface area contributed by atoms with Crippen molar-refractivity contribution < 1.29 is 24.5 Å². The van der Waals surface area contributed by atoms with Crippen molar-refractivity contribution in [2.24, 2.45) is 0 Å². The fourth-order valence-electron chi connectivity index (χ4n) is 3.39. The van der Waals surface area contributed by atoms with E-state index in [0.717, 1.165) is 29.7 Å². The number of hydrogen-bond acceptors (Lipinski definition) is 4. The van der Waals surface area contributed by atoms with E-state index >= 15 is 0 Å². The SMILES string of the molecule is O=C(NC(CO)C(=O)O)c1cccc(-c2cccc(OC3CCCCC3)c2)c1.